The van der Waals surface area contributed by atoms with Crippen molar-refractivity contribution in [3.63, 3.8) is 0 Å². The summed E-state index contributed by atoms with van der Waals surface area (Å²) in [5.74, 6) is -1.05. The number of hydrogen-bond acceptors (Lipinski definition) is 4. The van der Waals surface area contributed by atoms with Crippen molar-refractivity contribution in [2.45, 2.75) is 62.9 Å². The zero-order valence-corrected chi connectivity index (χ0v) is 22.9. The van der Waals surface area contributed by atoms with Gasteiger partial charge < -0.3 is 25.0 Å². The number of carbonyl (C=O) groups is 2. The van der Waals surface area contributed by atoms with Crippen LogP contribution in [-0.4, -0.2) is 73.1 Å². The third-order valence-electron chi connectivity index (χ3n) is 8.82. The van der Waals surface area contributed by atoms with E-state index in [1.807, 2.05) is 24.3 Å². The van der Waals surface area contributed by atoms with Crippen LogP contribution in [0.15, 0.2) is 48.5 Å². The summed E-state index contributed by atoms with van der Waals surface area (Å²) in [5.41, 5.74) is 4.61. The Kier molecular flexibility index (Phi) is 9.69. The lowest BCUT2D eigenvalue weighted by Crippen LogP contribution is -2.61. The average Bonchev–Trinajstić information content (AvgIpc) is 3.26. The number of amides is 1. The summed E-state index contributed by atoms with van der Waals surface area (Å²) in [7, 11) is 0. The summed E-state index contributed by atoms with van der Waals surface area (Å²) in [6.45, 7) is 5.71. The van der Waals surface area contributed by atoms with Crippen molar-refractivity contribution >= 4 is 24.5 Å². The van der Waals surface area contributed by atoms with Crippen molar-refractivity contribution in [3.05, 3.63) is 59.7 Å². The first-order chi connectivity index (χ1) is 18.1. The first-order valence-corrected chi connectivity index (χ1v) is 14.0. The molecule has 38 heavy (non-hydrogen) atoms. The molecule has 1 aliphatic carbocycles. The quantitative estimate of drug-likeness (QED) is 0.391. The van der Waals surface area contributed by atoms with E-state index in [1.54, 1.807) is 0 Å². The molecular weight excluding hydrogens is 502 g/mol. The molecule has 0 unspecified atom stereocenters. The average molecular weight is 543 g/mol. The molecule has 5 rings (SSSR count). The molecule has 0 saturated carbocycles. The van der Waals surface area contributed by atoms with Gasteiger partial charge in [-0.2, -0.15) is 0 Å². The summed E-state index contributed by atoms with van der Waals surface area (Å²) in [6, 6.07) is 16.1. The number of carbonyl (C=O) groups excluding carboxylic acids is 1. The van der Waals surface area contributed by atoms with Crippen LogP contribution in [0.4, 0.5) is 4.79 Å². The number of nitrogens with one attached hydrogen (secondary N) is 2. The Balaban J connectivity index is 0.00000336. The number of halogens is 1. The van der Waals surface area contributed by atoms with Crippen LogP contribution in [0.25, 0.3) is 11.1 Å². The lowest BCUT2D eigenvalue weighted by Gasteiger charge is -2.49. The van der Waals surface area contributed by atoms with Crippen LogP contribution in [0.2, 0.25) is 0 Å². The second-order valence-electron chi connectivity index (χ2n) is 10.9. The predicted molar refractivity (Wildman–Crippen MR) is 151 cm³/mol. The van der Waals surface area contributed by atoms with Crippen molar-refractivity contribution < 1.29 is 23.9 Å². The summed E-state index contributed by atoms with van der Waals surface area (Å²) in [6.07, 6.45) is 6.74. The third kappa shape index (κ3) is 6.16. The number of piperidine rings is 2. The van der Waals surface area contributed by atoms with Gasteiger partial charge in [-0.25, -0.2) is 9.59 Å². The van der Waals surface area contributed by atoms with Gasteiger partial charge in [-0.15, -0.1) is 12.4 Å². The number of hydrogen-bond donors (Lipinski definition) is 3. The molecule has 0 radical (unpaired) electrons. The largest absolute Gasteiger partial charge is 0.480 e. The van der Waals surface area contributed by atoms with Crippen LogP contribution in [0.3, 0.4) is 0 Å². The highest BCUT2D eigenvalue weighted by atomic mass is 35.5. The Labute approximate surface area is 231 Å². The number of carboxylic acids is 1. The van der Waals surface area contributed by atoms with Crippen LogP contribution in [-0.2, 0) is 9.53 Å². The molecule has 0 aromatic heterocycles. The second kappa shape index (κ2) is 13.0. The van der Waals surface area contributed by atoms with Gasteiger partial charge in [-0.05, 0) is 54.4 Å². The highest BCUT2D eigenvalue weighted by molar-refractivity contribution is 5.85. The van der Waals surface area contributed by atoms with Crippen molar-refractivity contribution in [3.8, 4) is 11.1 Å². The van der Waals surface area contributed by atoms with Crippen molar-refractivity contribution in [1.29, 1.82) is 0 Å². The van der Waals surface area contributed by atoms with Gasteiger partial charge in [0.05, 0.1) is 25.7 Å². The van der Waals surface area contributed by atoms with E-state index in [0.717, 1.165) is 41.7 Å². The van der Waals surface area contributed by atoms with Gasteiger partial charge in [0.1, 0.15) is 12.6 Å². The monoisotopic (exact) mass is 542 g/mol. The summed E-state index contributed by atoms with van der Waals surface area (Å²) in [4.78, 5) is 24.7. The van der Waals surface area contributed by atoms with Crippen molar-refractivity contribution in [1.82, 2.24) is 10.6 Å². The molecule has 2 aromatic carbocycles. The Bertz CT molecular complexity index is 1050. The summed E-state index contributed by atoms with van der Waals surface area (Å²) >= 11 is 0. The lowest BCUT2D eigenvalue weighted by molar-refractivity contribution is -0.956. The minimum Gasteiger partial charge on any atom is -0.480 e. The molecule has 2 fully saturated rings. The van der Waals surface area contributed by atoms with E-state index in [0.29, 0.717) is 12.5 Å². The number of rotatable bonds is 9. The molecule has 2 heterocycles. The molecule has 0 spiro atoms. The summed E-state index contributed by atoms with van der Waals surface area (Å²) in [5, 5.41) is 15.9. The lowest BCUT2D eigenvalue weighted by atomic mass is 9.95. The Morgan fingerprint density at radius 3 is 2.18 bits per heavy atom. The predicted octanol–water partition coefficient (Wildman–Crippen LogP) is 4.93. The fourth-order valence-electron chi connectivity index (χ4n) is 6.92. The Morgan fingerprint density at radius 1 is 0.974 bits per heavy atom. The molecule has 3 aliphatic rings. The maximum absolute atomic E-state index is 12.7. The maximum Gasteiger partial charge on any atom is 0.407 e. The van der Waals surface area contributed by atoms with Gasteiger partial charge in [0.25, 0.3) is 0 Å². The van der Waals surface area contributed by atoms with Crippen LogP contribution in [0.5, 0.6) is 0 Å². The van der Waals surface area contributed by atoms with E-state index in [-0.39, 0.29) is 24.9 Å². The van der Waals surface area contributed by atoms with E-state index >= 15 is 0 Å². The van der Waals surface area contributed by atoms with E-state index in [9.17, 15) is 14.7 Å². The van der Waals surface area contributed by atoms with Crippen molar-refractivity contribution in [2.24, 2.45) is 0 Å². The van der Waals surface area contributed by atoms with Crippen LogP contribution >= 0.6 is 12.4 Å². The van der Waals surface area contributed by atoms with Gasteiger partial charge in [0.15, 0.2) is 0 Å². The molecule has 206 valence electrons. The minimum atomic E-state index is -0.999. The van der Waals surface area contributed by atoms with Gasteiger partial charge >= 0.3 is 12.1 Å². The number of likely N-dealkylation sites (tertiary alicyclic amines) is 1. The molecule has 1 atom stereocenters. The molecule has 7 nitrogen and oxygen atoms in total. The number of nitrogens with zero attached hydrogens (tertiary/aromatic N) is 1. The standard InChI is InChI=1S/C30H39N3O4.ClH/c34-29(35)28(13-8-20-33(18-6-1-7-19-33)22-14-16-31-17-15-22)32-30(36)37-21-27-25-11-4-2-9-23(25)24-10-3-5-12-26(24)27;/h2-5,9-12,22,27-28,31H,1,6-8,13-21H2,(H-,32,34,35,36);1H/p+1/t28-;/m0./s1. The van der Waals surface area contributed by atoms with Gasteiger partial charge in [0, 0.05) is 31.8 Å². The molecule has 0 bridgehead atoms. The normalized spacial score (nSPS) is 19.5. The molecule has 8 heteroatoms. The number of alkyl carbamates (subject to hydrolysis) is 1. The van der Waals surface area contributed by atoms with Crippen LogP contribution in [0, 0.1) is 0 Å². The van der Waals surface area contributed by atoms with E-state index in [1.165, 1.54) is 56.3 Å². The fraction of sp³-hybridized carbons (Fsp3) is 0.533. The third-order valence-corrected chi connectivity index (χ3v) is 8.82. The number of ether oxygens (including phenoxy) is 1. The molecule has 1 amide bonds. The number of carboxylic acid groups (broad SMARTS) is 1. The van der Waals surface area contributed by atoms with Gasteiger partial charge in [-0.1, -0.05) is 48.5 Å². The Morgan fingerprint density at radius 2 is 1.58 bits per heavy atom. The van der Waals surface area contributed by atoms with Crippen molar-refractivity contribution in [2.75, 3.05) is 39.3 Å². The van der Waals surface area contributed by atoms with Crippen LogP contribution < -0.4 is 10.6 Å². The number of aliphatic carboxylic acids is 1. The molecule has 2 aromatic rings. The Hall–Kier alpha value is -2.61. The molecule has 3 N–H and O–H groups in total. The van der Waals surface area contributed by atoms with E-state index in [2.05, 4.69) is 34.9 Å². The molecule has 2 aliphatic heterocycles. The SMILES string of the molecule is Cl.O=C(N[C@@H](CCC[N+]1(C2CCNCC2)CCCCC1)C(=O)O)OCC1c2ccccc2-c2ccccc21. The van der Waals surface area contributed by atoms with Gasteiger partial charge in [-0.3, -0.25) is 0 Å². The van der Waals surface area contributed by atoms with E-state index < -0.39 is 18.1 Å². The highest BCUT2D eigenvalue weighted by Crippen LogP contribution is 2.44. The summed E-state index contributed by atoms with van der Waals surface area (Å²) < 4.78 is 6.73. The highest BCUT2D eigenvalue weighted by Gasteiger charge is 2.39. The second-order valence-corrected chi connectivity index (χ2v) is 10.9. The number of benzene rings is 2. The zero-order valence-electron chi connectivity index (χ0n) is 22.1. The van der Waals surface area contributed by atoms with Gasteiger partial charge in [0.2, 0.25) is 0 Å². The molecular formula is C30H41ClN3O4+. The maximum atomic E-state index is 12.7. The first kappa shape index (κ1) is 28.4. The van der Waals surface area contributed by atoms with Crippen LogP contribution in [0.1, 0.15) is 62.0 Å². The minimum absolute atomic E-state index is 0. The smallest absolute Gasteiger partial charge is 0.407 e. The topological polar surface area (TPSA) is 87.7 Å². The fourth-order valence-corrected chi connectivity index (χ4v) is 6.92. The van der Waals surface area contributed by atoms with E-state index in [4.69, 9.17) is 4.74 Å². The zero-order chi connectivity index (χ0) is 25.7. The number of quaternary nitrogens is 1. The molecule has 2 saturated heterocycles. The number of fused-ring (bicyclic) bond motifs is 3. The first-order valence-electron chi connectivity index (χ1n) is 14.0.